The summed E-state index contributed by atoms with van der Waals surface area (Å²) in [5.41, 5.74) is 0.693. The lowest BCUT2D eigenvalue weighted by atomic mass is 9.95. The third kappa shape index (κ3) is 3.20. The summed E-state index contributed by atoms with van der Waals surface area (Å²) in [6.45, 7) is 11.2. The molecule has 0 amide bonds. The van der Waals surface area contributed by atoms with Crippen molar-refractivity contribution in [2.45, 2.75) is 52.6 Å². The first-order valence-corrected chi connectivity index (χ1v) is 8.48. The molecule has 0 spiro atoms. The van der Waals surface area contributed by atoms with Gasteiger partial charge in [0, 0.05) is 25.6 Å². The van der Waals surface area contributed by atoms with Crippen LogP contribution in [0.2, 0.25) is 0 Å². The molecular formula is C17H26N8. The molecule has 3 rings (SSSR count). The van der Waals surface area contributed by atoms with Crippen molar-refractivity contribution in [2.75, 3.05) is 11.9 Å². The SMILES string of the molecule is CC(C)n1cnnc1CN(C)c1nc(C(C)(C)C)nc2c1cnn2C. The first kappa shape index (κ1) is 17.3. The smallest absolute Gasteiger partial charge is 0.163 e. The molecule has 8 nitrogen and oxygen atoms in total. The van der Waals surface area contributed by atoms with Crippen molar-refractivity contribution in [3.63, 3.8) is 0 Å². The number of rotatable bonds is 4. The molecule has 0 bridgehead atoms. The van der Waals surface area contributed by atoms with Gasteiger partial charge in [-0.25, -0.2) is 9.97 Å². The molecule has 0 fully saturated rings. The minimum Gasteiger partial charge on any atom is -0.351 e. The predicted molar refractivity (Wildman–Crippen MR) is 97.5 cm³/mol. The number of aryl methyl sites for hydroxylation is 1. The Morgan fingerprint density at radius 2 is 1.92 bits per heavy atom. The van der Waals surface area contributed by atoms with Gasteiger partial charge >= 0.3 is 0 Å². The van der Waals surface area contributed by atoms with Gasteiger partial charge in [0.25, 0.3) is 0 Å². The Labute approximate surface area is 147 Å². The van der Waals surface area contributed by atoms with Gasteiger partial charge < -0.3 is 9.47 Å². The number of nitrogens with zero attached hydrogens (tertiary/aromatic N) is 8. The minimum absolute atomic E-state index is 0.147. The van der Waals surface area contributed by atoms with E-state index in [9.17, 15) is 0 Å². The molecule has 0 saturated carbocycles. The summed E-state index contributed by atoms with van der Waals surface area (Å²) in [6, 6.07) is 0.312. The maximum Gasteiger partial charge on any atom is 0.163 e. The Morgan fingerprint density at radius 1 is 1.20 bits per heavy atom. The zero-order valence-electron chi connectivity index (χ0n) is 16.0. The van der Waals surface area contributed by atoms with E-state index in [1.54, 1.807) is 11.0 Å². The molecule has 25 heavy (non-hydrogen) atoms. The van der Waals surface area contributed by atoms with E-state index in [0.717, 1.165) is 28.5 Å². The van der Waals surface area contributed by atoms with Gasteiger partial charge in [0.1, 0.15) is 18.0 Å². The zero-order chi connectivity index (χ0) is 18.4. The van der Waals surface area contributed by atoms with Crippen LogP contribution < -0.4 is 4.90 Å². The second-order valence-corrected chi connectivity index (χ2v) is 7.73. The fourth-order valence-corrected chi connectivity index (χ4v) is 2.73. The van der Waals surface area contributed by atoms with Crippen LogP contribution in [0.15, 0.2) is 12.5 Å². The van der Waals surface area contributed by atoms with E-state index in [1.807, 2.05) is 20.3 Å². The lowest BCUT2D eigenvalue weighted by Gasteiger charge is -2.23. The van der Waals surface area contributed by atoms with Crippen LogP contribution in [0.5, 0.6) is 0 Å². The molecule has 0 unspecified atom stereocenters. The van der Waals surface area contributed by atoms with Gasteiger partial charge in [0.2, 0.25) is 0 Å². The molecule has 134 valence electrons. The van der Waals surface area contributed by atoms with Crippen molar-refractivity contribution in [3.8, 4) is 0 Å². The summed E-state index contributed by atoms with van der Waals surface area (Å²) in [7, 11) is 3.92. The van der Waals surface area contributed by atoms with E-state index >= 15 is 0 Å². The quantitative estimate of drug-likeness (QED) is 0.725. The second-order valence-electron chi connectivity index (χ2n) is 7.73. The molecule has 3 aromatic rings. The van der Waals surface area contributed by atoms with E-state index in [4.69, 9.17) is 9.97 Å². The molecule has 3 heterocycles. The maximum atomic E-state index is 4.84. The normalized spacial score (nSPS) is 12.3. The monoisotopic (exact) mass is 342 g/mol. The van der Waals surface area contributed by atoms with Crippen molar-refractivity contribution < 1.29 is 0 Å². The third-order valence-electron chi connectivity index (χ3n) is 4.19. The largest absolute Gasteiger partial charge is 0.351 e. The molecule has 3 aromatic heterocycles. The fourth-order valence-electron chi connectivity index (χ4n) is 2.73. The van der Waals surface area contributed by atoms with Crippen LogP contribution in [0, 0.1) is 0 Å². The minimum atomic E-state index is -0.147. The van der Waals surface area contributed by atoms with Gasteiger partial charge in [-0.05, 0) is 13.8 Å². The molecule has 0 aliphatic heterocycles. The molecule has 0 aliphatic rings. The van der Waals surface area contributed by atoms with Crippen LogP contribution >= 0.6 is 0 Å². The number of hydrogen-bond donors (Lipinski definition) is 0. The summed E-state index contributed by atoms with van der Waals surface area (Å²) in [4.78, 5) is 11.7. The average molecular weight is 342 g/mol. The number of hydrogen-bond acceptors (Lipinski definition) is 6. The molecular weight excluding hydrogens is 316 g/mol. The van der Waals surface area contributed by atoms with E-state index in [-0.39, 0.29) is 5.41 Å². The lowest BCUT2D eigenvalue weighted by Crippen LogP contribution is -2.24. The highest BCUT2D eigenvalue weighted by atomic mass is 15.3. The molecule has 0 saturated heterocycles. The maximum absolute atomic E-state index is 4.84. The summed E-state index contributed by atoms with van der Waals surface area (Å²) in [5.74, 6) is 2.57. The zero-order valence-corrected chi connectivity index (χ0v) is 16.0. The van der Waals surface area contributed by atoms with Crippen molar-refractivity contribution in [1.29, 1.82) is 0 Å². The Kier molecular flexibility index (Phi) is 4.22. The van der Waals surface area contributed by atoms with E-state index in [0.29, 0.717) is 12.6 Å². The van der Waals surface area contributed by atoms with Gasteiger partial charge in [0.15, 0.2) is 11.5 Å². The van der Waals surface area contributed by atoms with Gasteiger partial charge in [-0.3, -0.25) is 4.68 Å². The Balaban J connectivity index is 2.06. The van der Waals surface area contributed by atoms with Crippen LogP contribution in [0.25, 0.3) is 11.0 Å². The van der Waals surface area contributed by atoms with Crippen LogP contribution in [-0.4, -0.2) is 41.6 Å². The Hall–Kier alpha value is -2.51. The van der Waals surface area contributed by atoms with Crippen LogP contribution in [0.3, 0.4) is 0 Å². The Morgan fingerprint density at radius 3 is 2.56 bits per heavy atom. The highest BCUT2D eigenvalue weighted by Gasteiger charge is 2.23. The summed E-state index contributed by atoms with van der Waals surface area (Å²) >= 11 is 0. The number of anilines is 1. The van der Waals surface area contributed by atoms with Gasteiger partial charge in [-0.2, -0.15) is 5.10 Å². The molecule has 0 N–H and O–H groups in total. The average Bonchev–Trinajstić information content (AvgIpc) is 3.12. The van der Waals surface area contributed by atoms with E-state index in [1.165, 1.54) is 0 Å². The molecule has 8 heteroatoms. The van der Waals surface area contributed by atoms with Gasteiger partial charge in [-0.15, -0.1) is 10.2 Å². The topological polar surface area (TPSA) is 77.6 Å². The van der Waals surface area contributed by atoms with Gasteiger partial charge in [-0.1, -0.05) is 20.8 Å². The Bertz CT molecular complexity index is 884. The van der Waals surface area contributed by atoms with Crippen molar-refractivity contribution in [1.82, 2.24) is 34.5 Å². The number of aromatic nitrogens is 7. The summed E-state index contributed by atoms with van der Waals surface area (Å²) in [5, 5.41) is 13.6. The molecule has 0 aromatic carbocycles. The predicted octanol–water partition coefficient (Wildman–Crippen LogP) is 2.47. The van der Waals surface area contributed by atoms with E-state index < -0.39 is 0 Å². The third-order valence-corrected chi connectivity index (χ3v) is 4.19. The van der Waals surface area contributed by atoms with Gasteiger partial charge in [0.05, 0.1) is 18.1 Å². The summed E-state index contributed by atoms with van der Waals surface area (Å²) in [6.07, 6.45) is 3.59. The fraction of sp³-hybridized carbons (Fsp3) is 0.588. The molecule has 0 radical (unpaired) electrons. The van der Waals surface area contributed by atoms with Crippen molar-refractivity contribution in [3.05, 3.63) is 24.2 Å². The van der Waals surface area contributed by atoms with E-state index in [2.05, 4.69) is 59.4 Å². The van der Waals surface area contributed by atoms with Crippen LogP contribution in [0.1, 0.15) is 52.3 Å². The standard InChI is InChI=1S/C17H26N8/c1-11(2)25-10-18-22-13(25)9-23(6)14-12-8-19-24(7)15(12)21-16(20-14)17(3,4)5/h8,10-11H,9H2,1-7H3. The first-order valence-electron chi connectivity index (χ1n) is 8.48. The van der Waals surface area contributed by atoms with Crippen LogP contribution in [0.4, 0.5) is 5.82 Å². The number of fused-ring (bicyclic) bond motifs is 1. The molecule has 0 aliphatic carbocycles. The highest BCUT2D eigenvalue weighted by Crippen LogP contribution is 2.28. The second kappa shape index (κ2) is 6.09. The first-order chi connectivity index (χ1) is 11.7. The summed E-state index contributed by atoms with van der Waals surface area (Å²) < 4.78 is 3.86. The highest BCUT2D eigenvalue weighted by molar-refractivity contribution is 5.86. The lowest BCUT2D eigenvalue weighted by molar-refractivity contribution is 0.544. The van der Waals surface area contributed by atoms with Crippen molar-refractivity contribution >= 4 is 16.9 Å². The molecule has 0 atom stereocenters. The van der Waals surface area contributed by atoms with Crippen molar-refractivity contribution in [2.24, 2.45) is 7.05 Å². The van der Waals surface area contributed by atoms with Crippen LogP contribution in [-0.2, 0) is 19.0 Å².